The molecule has 0 amide bonds. The monoisotopic (exact) mass is 435 g/mol. The molecule has 1 aromatic carbocycles. The highest BCUT2D eigenvalue weighted by atomic mass is 32.2. The summed E-state index contributed by atoms with van der Waals surface area (Å²) in [5, 5.41) is 0. The Kier molecular flexibility index (Phi) is 7.16. The second-order valence-corrected chi connectivity index (χ2v) is 8.60. The fourth-order valence-electron chi connectivity index (χ4n) is 2.00. The molecule has 0 heterocycles. The van der Waals surface area contributed by atoms with Crippen LogP contribution >= 0.6 is 0 Å². The normalized spacial score (nSPS) is 13.5. The van der Waals surface area contributed by atoms with Crippen molar-refractivity contribution in [1.82, 2.24) is 4.72 Å². The van der Waals surface area contributed by atoms with Crippen LogP contribution in [0.3, 0.4) is 0 Å². The average Bonchev–Trinajstić information content (AvgIpc) is 2.47. The van der Waals surface area contributed by atoms with Gasteiger partial charge in [-0.15, -0.1) is 0 Å². The van der Waals surface area contributed by atoms with Gasteiger partial charge in [0.25, 0.3) is 0 Å². The molecule has 0 unspecified atom stereocenters. The Hall–Kier alpha value is -1.82. The molecule has 160 valence electrons. The fraction of sp³-hybridized carbons (Fsp3) is 0.562. The van der Waals surface area contributed by atoms with Crippen LogP contribution in [0.4, 0.5) is 26.3 Å². The number of halogens is 6. The number of ether oxygens (including phenoxy) is 1. The Bertz CT molecular complexity index is 778. The number of carbonyl (C=O) groups excluding carboxylic acids is 1. The minimum atomic E-state index is -5.16. The van der Waals surface area contributed by atoms with Gasteiger partial charge in [-0.2, -0.15) is 26.3 Å². The SMILES string of the molecule is CC(C)(C)OC(=O)CCCNS(=O)(=O)c1cc(C(F)(F)F)cc(C(F)(F)F)c1. The fourth-order valence-corrected chi connectivity index (χ4v) is 3.14. The third kappa shape index (κ3) is 7.66. The Morgan fingerprint density at radius 2 is 1.43 bits per heavy atom. The number of carbonyl (C=O) groups is 1. The molecule has 1 rings (SSSR count). The number of nitrogens with one attached hydrogen (secondary N) is 1. The van der Waals surface area contributed by atoms with Crippen molar-refractivity contribution in [3.8, 4) is 0 Å². The molecular formula is C16H19F6NO4S. The molecule has 0 saturated carbocycles. The molecule has 28 heavy (non-hydrogen) atoms. The molecule has 0 aliphatic rings. The molecule has 1 aromatic rings. The van der Waals surface area contributed by atoms with Crippen LogP contribution in [0.1, 0.15) is 44.7 Å². The van der Waals surface area contributed by atoms with Crippen LogP contribution < -0.4 is 4.72 Å². The van der Waals surface area contributed by atoms with Crippen molar-refractivity contribution in [3.63, 3.8) is 0 Å². The summed E-state index contributed by atoms with van der Waals surface area (Å²) < 4.78 is 108. The number of esters is 1. The Labute approximate surface area is 158 Å². The highest BCUT2D eigenvalue weighted by Crippen LogP contribution is 2.37. The van der Waals surface area contributed by atoms with E-state index in [9.17, 15) is 39.6 Å². The van der Waals surface area contributed by atoms with Gasteiger partial charge in [0.15, 0.2) is 0 Å². The van der Waals surface area contributed by atoms with E-state index in [2.05, 4.69) is 0 Å². The number of sulfonamides is 1. The first kappa shape index (κ1) is 24.2. The predicted octanol–water partition coefficient (Wildman–Crippen LogP) is 4.12. The zero-order valence-electron chi connectivity index (χ0n) is 15.2. The van der Waals surface area contributed by atoms with Gasteiger partial charge >= 0.3 is 18.3 Å². The van der Waals surface area contributed by atoms with E-state index in [4.69, 9.17) is 4.74 Å². The Balaban J connectivity index is 2.94. The van der Waals surface area contributed by atoms with E-state index in [1.165, 1.54) is 0 Å². The van der Waals surface area contributed by atoms with E-state index in [-0.39, 0.29) is 37.6 Å². The van der Waals surface area contributed by atoms with Crippen LogP contribution in [-0.2, 0) is 31.9 Å². The molecule has 5 nitrogen and oxygen atoms in total. The lowest BCUT2D eigenvalue weighted by atomic mass is 10.1. The predicted molar refractivity (Wildman–Crippen MR) is 86.7 cm³/mol. The van der Waals surface area contributed by atoms with Gasteiger partial charge in [0.2, 0.25) is 10.0 Å². The lowest BCUT2D eigenvalue weighted by Crippen LogP contribution is -2.27. The van der Waals surface area contributed by atoms with Gasteiger partial charge in [-0.3, -0.25) is 4.79 Å². The summed E-state index contributed by atoms with van der Waals surface area (Å²) in [5.74, 6) is -0.620. The second-order valence-electron chi connectivity index (χ2n) is 6.83. The largest absolute Gasteiger partial charge is 0.460 e. The number of benzene rings is 1. The molecule has 0 spiro atoms. The third-order valence-corrected chi connectivity index (χ3v) is 4.58. The van der Waals surface area contributed by atoms with Crippen LogP contribution in [0.2, 0.25) is 0 Å². The quantitative estimate of drug-likeness (QED) is 0.415. The molecular weight excluding hydrogens is 416 g/mol. The number of alkyl halides is 6. The smallest absolute Gasteiger partial charge is 0.416 e. The van der Waals surface area contributed by atoms with Gasteiger partial charge in [0.1, 0.15) is 5.60 Å². The summed E-state index contributed by atoms with van der Waals surface area (Å²) in [6.45, 7) is 4.50. The van der Waals surface area contributed by atoms with Gasteiger partial charge in [0.05, 0.1) is 16.0 Å². The first-order valence-corrected chi connectivity index (χ1v) is 9.41. The maximum atomic E-state index is 12.8. The zero-order chi connectivity index (χ0) is 22.0. The average molecular weight is 435 g/mol. The van der Waals surface area contributed by atoms with Gasteiger partial charge < -0.3 is 4.74 Å². The summed E-state index contributed by atoms with van der Waals surface area (Å²) in [4.78, 5) is 10.3. The highest BCUT2D eigenvalue weighted by molar-refractivity contribution is 7.89. The third-order valence-electron chi connectivity index (χ3n) is 3.14. The van der Waals surface area contributed by atoms with Crippen molar-refractivity contribution in [3.05, 3.63) is 29.3 Å². The summed E-state index contributed by atoms with van der Waals surface area (Å²) in [6, 6.07) is 0.0679. The standard InChI is InChI=1S/C16H19F6NO4S/c1-14(2,3)27-13(24)5-4-6-23-28(25,26)12-8-10(15(17,18)19)7-11(9-12)16(20,21)22/h7-9,23H,4-6H2,1-3H3. The molecule has 0 saturated heterocycles. The van der Waals surface area contributed by atoms with E-state index in [1.807, 2.05) is 4.72 Å². The molecule has 12 heteroatoms. The first-order chi connectivity index (χ1) is 12.4. The van der Waals surface area contributed by atoms with Crippen LogP contribution in [0.25, 0.3) is 0 Å². The van der Waals surface area contributed by atoms with E-state index in [1.54, 1.807) is 20.8 Å². The molecule has 0 aliphatic carbocycles. The van der Waals surface area contributed by atoms with Crippen molar-refractivity contribution in [2.45, 2.75) is 56.5 Å². The lowest BCUT2D eigenvalue weighted by molar-refractivity contribution is -0.155. The number of hydrogen-bond acceptors (Lipinski definition) is 4. The van der Waals surface area contributed by atoms with Crippen molar-refractivity contribution >= 4 is 16.0 Å². The minimum absolute atomic E-state index is 0.0563. The van der Waals surface area contributed by atoms with Crippen LogP contribution in [-0.4, -0.2) is 26.5 Å². The zero-order valence-corrected chi connectivity index (χ0v) is 16.0. The summed E-state index contributed by atoms with van der Waals surface area (Å²) in [6.07, 6.45) is -10.6. The molecule has 0 aromatic heterocycles. The molecule has 0 atom stereocenters. The molecule has 0 aliphatic heterocycles. The maximum absolute atomic E-state index is 12.8. The van der Waals surface area contributed by atoms with E-state index >= 15 is 0 Å². The first-order valence-electron chi connectivity index (χ1n) is 7.93. The van der Waals surface area contributed by atoms with Gasteiger partial charge in [0, 0.05) is 13.0 Å². The topological polar surface area (TPSA) is 72.5 Å². The lowest BCUT2D eigenvalue weighted by Gasteiger charge is -2.19. The van der Waals surface area contributed by atoms with Crippen molar-refractivity contribution in [2.75, 3.05) is 6.54 Å². The van der Waals surface area contributed by atoms with Gasteiger partial charge in [-0.1, -0.05) is 0 Å². The van der Waals surface area contributed by atoms with Crippen molar-refractivity contribution in [2.24, 2.45) is 0 Å². The molecule has 1 N–H and O–H groups in total. The minimum Gasteiger partial charge on any atom is -0.460 e. The van der Waals surface area contributed by atoms with Crippen molar-refractivity contribution in [1.29, 1.82) is 0 Å². The summed E-state index contributed by atoms with van der Waals surface area (Å²) >= 11 is 0. The number of hydrogen-bond donors (Lipinski definition) is 1. The van der Waals surface area contributed by atoms with Crippen molar-refractivity contribution < 1.29 is 44.3 Å². The highest BCUT2D eigenvalue weighted by Gasteiger charge is 2.38. The van der Waals surface area contributed by atoms with Gasteiger partial charge in [-0.05, 0) is 45.4 Å². The molecule has 0 radical (unpaired) electrons. The number of rotatable bonds is 6. The summed E-state index contributed by atoms with van der Waals surface area (Å²) in [7, 11) is -4.66. The second kappa shape index (κ2) is 8.27. The Morgan fingerprint density at radius 3 is 1.82 bits per heavy atom. The van der Waals surface area contributed by atoms with E-state index in [0.717, 1.165) is 0 Å². The Morgan fingerprint density at radius 1 is 0.964 bits per heavy atom. The van der Waals surface area contributed by atoms with E-state index < -0.39 is 50.0 Å². The molecule has 0 bridgehead atoms. The molecule has 0 fully saturated rings. The van der Waals surface area contributed by atoms with Crippen LogP contribution in [0.15, 0.2) is 23.1 Å². The van der Waals surface area contributed by atoms with E-state index in [0.29, 0.717) is 0 Å². The van der Waals surface area contributed by atoms with Crippen LogP contribution in [0.5, 0.6) is 0 Å². The summed E-state index contributed by atoms with van der Waals surface area (Å²) in [5.41, 5.74) is -4.23. The maximum Gasteiger partial charge on any atom is 0.416 e. The van der Waals surface area contributed by atoms with Gasteiger partial charge in [-0.25, -0.2) is 13.1 Å². The van der Waals surface area contributed by atoms with Crippen LogP contribution in [0, 0.1) is 0 Å².